The summed E-state index contributed by atoms with van der Waals surface area (Å²) in [4.78, 5) is 25.9. The maximum atomic E-state index is 12.3. The van der Waals surface area contributed by atoms with Crippen LogP contribution in [0.3, 0.4) is 0 Å². The molecule has 1 aliphatic carbocycles. The molecule has 1 saturated carbocycles. The van der Waals surface area contributed by atoms with E-state index in [4.69, 9.17) is 5.26 Å². The van der Waals surface area contributed by atoms with Crippen LogP contribution in [0.4, 0.5) is 0 Å². The molecule has 1 aliphatic heterocycles. The molecule has 2 fully saturated rings. The number of likely N-dealkylation sites (tertiary alicyclic amines) is 1. The molecule has 0 spiro atoms. The Morgan fingerprint density at radius 1 is 1.33 bits per heavy atom. The fourth-order valence-corrected chi connectivity index (χ4v) is 3.93. The predicted molar refractivity (Wildman–Crippen MR) is 66.4 cm³/mol. The van der Waals surface area contributed by atoms with Crippen LogP contribution in [-0.2, 0) is 9.59 Å². The Morgan fingerprint density at radius 2 is 1.94 bits per heavy atom. The van der Waals surface area contributed by atoms with Gasteiger partial charge in [0.2, 0.25) is 5.91 Å². The van der Waals surface area contributed by atoms with Crippen LogP contribution in [0, 0.1) is 34.0 Å². The third-order valence-electron chi connectivity index (χ3n) is 4.89. The van der Waals surface area contributed by atoms with E-state index in [9.17, 15) is 9.59 Å². The summed E-state index contributed by atoms with van der Waals surface area (Å²) in [6, 6.07) is 2.14. The summed E-state index contributed by atoms with van der Waals surface area (Å²) in [5.74, 6) is -0.368. The number of carbonyl (C=O) groups excluding carboxylic acids is 2. The van der Waals surface area contributed by atoms with Crippen molar-refractivity contribution in [2.75, 3.05) is 13.6 Å². The first kappa shape index (κ1) is 13.1. The number of fused-ring (bicyclic) bond motifs is 1. The quantitative estimate of drug-likeness (QED) is 0.654. The van der Waals surface area contributed by atoms with Gasteiger partial charge in [0.1, 0.15) is 5.92 Å². The number of hydrogen-bond donors (Lipinski definition) is 0. The minimum atomic E-state index is -0.579. The number of amides is 1. The van der Waals surface area contributed by atoms with Gasteiger partial charge in [-0.3, -0.25) is 9.59 Å². The molecular weight excluding hydrogens is 228 g/mol. The first-order chi connectivity index (χ1) is 8.22. The van der Waals surface area contributed by atoms with Gasteiger partial charge in [-0.2, -0.15) is 5.26 Å². The fourth-order valence-electron chi connectivity index (χ4n) is 3.93. The third-order valence-corrected chi connectivity index (χ3v) is 4.89. The van der Waals surface area contributed by atoms with E-state index < -0.39 is 11.3 Å². The zero-order valence-corrected chi connectivity index (χ0v) is 11.5. The van der Waals surface area contributed by atoms with E-state index in [1.54, 1.807) is 11.9 Å². The molecular formula is C14H20N2O2. The summed E-state index contributed by atoms with van der Waals surface area (Å²) in [7, 11) is 1.80. The Labute approximate surface area is 108 Å². The lowest BCUT2D eigenvalue weighted by atomic mass is 9.51. The molecule has 3 unspecified atom stereocenters. The summed E-state index contributed by atoms with van der Waals surface area (Å²) in [5.41, 5.74) is -0.704. The van der Waals surface area contributed by atoms with Crippen LogP contribution >= 0.6 is 0 Å². The van der Waals surface area contributed by atoms with E-state index in [1.165, 1.54) is 0 Å². The highest BCUT2D eigenvalue weighted by Gasteiger charge is 2.57. The molecule has 0 bridgehead atoms. The molecule has 1 heterocycles. The number of rotatable bonds is 0. The van der Waals surface area contributed by atoms with E-state index >= 15 is 0 Å². The van der Waals surface area contributed by atoms with Crippen LogP contribution in [0.5, 0.6) is 0 Å². The van der Waals surface area contributed by atoms with Crippen molar-refractivity contribution < 1.29 is 9.59 Å². The lowest BCUT2D eigenvalue weighted by molar-refractivity contribution is -0.158. The van der Waals surface area contributed by atoms with Crippen LogP contribution in [-0.4, -0.2) is 30.2 Å². The highest BCUT2D eigenvalue weighted by Crippen LogP contribution is 2.54. The number of carbonyl (C=O) groups is 2. The van der Waals surface area contributed by atoms with Gasteiger partial charge in [-0.25, -0.2) is 0 Å². The maximum absolute atomic E-state index is 12.3. The van der Waals surface area contributed by atoms with Gasteiger partial charge in [-0.1, -0.05) is 20.8 Å². The molecule has 4 nitrogen and oxygen atoms in total. The molecule has 3 atom stereocenters. The summed E-state index contributed by atoms with van der Waals surface area (Å²) < 4.78 is 0. The van der Waals surface area contributed by atoms with Gasteiger partial charge in [0.25, 0.3) is 0 Å². The Kier molecular flexibility index (Phi) is 2.77. The zero-order chi connectivity index (χ0) is 13.7. The van der Waals surface area contributed by atoms with Gasteiger partial charge in [0, 0.05) is 25.4 Å². The van der Waals surface area contributed by atoms with E-state index in [2.05, 4.69) is 13.0 Å². The van der Waals surface area contributed by atoms with Gasteiger partial charge >= 0.3 is 0 Å². The Hall–Kier alpha value is -1.37. The fraction of sp³-hybridized carbons (Fsp3) is 0.786. The van der Waals surface area contributed by atoms with Crippen molar-refractivity contribution in [3.05, 3.63) is 0 Å². The minimum Gasteiger partial charge on any atom is -0.345 e. The lowest BCUT2D eigenvalue weighted by Gasteiger charge is -2.55. The van der Waals surface area contributed by atoms with Crippen LogP contribution < -0.4 is 0 Å². The third kappa shape index (κ3) is 1.65. The van der Waals surface area contributed by atoms with Crippen LogP contribution in [0.2, 0.25) is 0 Å². The number of ketones is 1. The number of nitrogens with zero attached hydrogens (tertiary/aromatic N) is 2. The monoisotopic (exact) mass is 248 g/mol. The molecule has 1 amide bonds. The van der Waals surface area contributed by atoms with Gasteiger partial charge < -0.3 is 4.90 Å². The summed E-state index contributed by atoms with van der Waals surface area (Å²) in [6.07, 6.45) is 0.998. The summed E-state index contributed by atoms with van der Waals surface area (Å²) >= 11 is 0. The van der Waals surface area contributed by atoms with E-state index in [0.717, 1.165) is 0 Å². The van der Waals surface area contributed by atoms with Crippen LogP contribution in [0.25, 0.3) is 0 Å². The zero-order valence-electron chi connectivity index (χ0n) is 11.5. The topological polar surface area (TPSA) is 61.2 Å². The molecule has 2 aliphatic rings. The van der Waals surface area contributed by atoms with Crippen molar-refractivity contribution in [2.24, 2.45) is 22.7 Å². The average Bonchev–Trinajstić information content (AvgIpc) is 2.28. The number of nitriles is 1. The molecule has 98 valence electrons. The molecule has 1 saturated heterocycles. The normalized spacial score (nSPS) is 39.2. The molecule has 0 aromatic carbocycles. The predicted octanol–water partition coefficient (Wildman–Crippen LogP) is 1.61. The van der Waals surface area contributed by atoms with E-state index in [-0.39, 0.29) is 23.0 Å². The van der Waals surface area contributed by atoms with Gasteiger partial charge in [0.05, 0.1) is 6.07 Å². The summed E-state index contributed by atoms with van der Waals surface area (Å²) in [5, 5.41) is 9.16. The molecule has 0 aromatic heterocycles. The smallest absolute Gasteiger partial charge is 0.222 e. The van der Waals surface area contributed by atoms with Crippen LogP contribution in [0.1, 0.15) is 33.6 Å². The molecule has 2 rings (SSSR count). The van der Waals surface area contributed by atoms with Gasteiger partial charge in [-0.05, 0) is 17.8 Å². The average molecular weight is 248 g/mol. The van der Waals surface area contributed by atoms with Crippen molar-refractivity contribution in [3.8, 4) is 6.07 Å². The van der Waals surface area contributed by atoms with Crippen molar-refractivity contribution in [1.29, 1.82) is 5.26 Å². The van der Waals surface area contributed by atoms with E-state index in [0.29, 0.717) is 19.4 Å². The molecule has 4 heteroatoms. The van der Waals surface area contributed by atoms with E-state index in [1.807, 2.05) is 13.8 Å². The standard InChI is InChI=1S/C14H20N2O2/c1-13(2)10-5-11(17)16(4)8-14(10,3)6-9(7-15)12(13)18/h9-10H,5-6,8H2,1-4H3. The molecule has 0 radical (unpaired) electrons. The Bertz CT molecular complexity index is 449. The Morgan fingerprint density at radius 3 is 2.50 bits per heavy atom. The number of Topliss-reactive ketones (excluding diaryl/α,β-unsaturated/α-hetero) is 1. The van der Waals surface area contributed by atoms with Crippen molar-refractivity contribution in [1.82, 2.24) is 4.90 Å². The SMILES string of the molecule is CN1CC2(C)CC(C#N)C(=O)C(C)(C)C2CC1=O. The first-order valence-electron chi connectivity index (χ1n) is 6.40. The minimum absolute atomic E-state index is 0.00447. The van der Waals surface area contributed by atoms with Crippen LogP contribution in [0.15, 0.2) is 0 Å². The molecule has 0 aromatic rings. The lowest BCUT2D eigenvalue weighted by Crippen LogP contribution is -2.59. The molecule has 0 N–H and O–H groups in total. The second-order valence-corrected chi connectivity index (χ2v) is 6.63. The largest absolute Gasteiger partial charge is 0.345 e. The van der Waals surface area contributed by atoms with Gasteiger partial charge in [-0.15, -0.1) is 0 Å². The first-order valence-corrected chi connectivity index (χ1v) is 6.40. The summed E-state index contributed by atoms with van der Waals surface area (Å²) in [6.45, 7) is 6.53. The number of piperidine rings is 1. The van der Waals surface area contributed by atoms with Crippen molar-refractivity contribution in [2.45, 2.75) is 33.6 Å². The molecule has 18 heavy (non-hydrogen) atoms. The second kappa shape index (κ2) is 3.81. The number of hydrogen-bond acceptors (Lipinski definition) is 3. The van der Waals surface area contributed by atoms with Gasteiger partial charge in [0.15, 0.2) is 5.78 Å². The van der Waals surface area contributed by atoms with Crippen molar-refractivity contribution >= 4 is 11.7 Å². The highest BCUT2D eigenvalue weighted by molar-refractivity contribution is 5.91. The second-order valence-electron chi connectivity index (χ2n) is 6.63. The Balaban J connectivity index is 2.43. The highest BCUT2D eigenvalue weighted by atomic mass is 16.2. The van der Waals surface area contributed by atoms with Crippen molar-refractivity contribution in [3.63, 3.8) is 0 Å². The maximum Gasteiger partial charge on any atom is 0.222 e.